The molecule has 0 spiro atoms. The van der Waals surface area contributed by atoms with Gasteiger partial charge in [0.15, 0.2) is 4.80 Å². The van der Waals surface area contributed by atoms with E-state index in [1.807, 2.05) is 79.7 Å². The molecule has 2 aromatic heterocycles. The number of benzene rings is 5. The van der Waals surface area contributed by atoms with Gasteiger partial charge < -0.3 is 14.6 Å². The lowest BCUT2D eigenvalue weighted by atomic mass is 9.95. The number of thiazole rings is 1. The molecule has 5 aromatic carbocycles. The fourth-order valence-corrected chi connectivity index (χ4v) is 7.77. The van der Waals surface area contributed by atoms with Gasteiger partial charge in [-0.15, -0.1) is 0 Å². The minimum atomic E-state index is -0.704. The third-order valence-corrected chi connectivity index (χ3v) is 10.0. The lowest BCUT2D eigenvalue weighted by Crippen LogP contribution is -2.40. The maximum Gasteiger partial charge on any atom is 0.271 e. The van der Waals surface area contributed by atoms with E-state index in [0.29, 0.717) is 38.6 Å². The third-order valence-electron chi connectivity index (χ3n) is 9.03. The monoisotopic (exact) mass is 660 g/mol. The van der Waals surface area contributed by atoms with Crippen LogP contribution in [0, 0.1) is 0 Å². The van der Waals surface area contributed by atoms with Crippen molar-refractivity contribution in [3.8, 4) is 5.75 Å². The maximum absolute atomic E-state index is 14.5. The van der Waals surface area contributed by atoms with Gasteiger partial charge in [-0.25, -0.2) is 4.99 Å². The summed E-state index contributed by atoms with van der Waals surface area (Å²) in [4.78, 5) is 33.8. The van der Waals surface area contributed by atoms with Gasteiger partial charge in [0.1, 0.15) is 5.75 Å². The van der Waals surface area contributed by atoms with E-state index in [1.54, 1.807) is 11.7 Å². The van der Waals surface area contributed by atoms with E-state index in [0.717, 1.165) is 22.0 Å². The number of rotatable bonds is 7. The standard InChI is InChI=1S/C41H32N4O3S/c1-26-37(39(46)43-31-16-4-3-5-17-31)38(28-14-11-18-32(22-28)48-2)45-40(47)36(49-41(45)42-26)23-30-25-44(35-21-9-8-20-34(30)35)24-29-15-10-13-27-12-6-7-19-33(27)29/h3-23,25,38H,24H2,1-2H3,(H,43,46)/b36-23-/t38-/m1/s1. The normalized spacial score (nSPS) is 14.6. The van der Waals surface area contributed by atoms with Crippen molar-refractivity contribution < 1.29 is 9.53 Å². The van der Waals surface area contributed by atoms with Gasteiger partial charge in [-0.1, -0.05) is 102 Å². The Morgan fingerprint density at radius 2 is 1.63 bits per heavy atom. The van der Waals surface area contributed by atoms with Gasteiger partial charge in [0.05, 0.1) is 29.0 Å². The Kier molecular flexibility index (Phi) is 7.78. The van der Waals surface area contributed by atoms with Crippen molar-refractivity contribution in [2.75, 3.05) is 12.4 Å². The van der Waals surface area contributed by atoms with E-state index in [4.69, 9.17) is 9.73 Å². The summed E-state index contributed by atoms with van der Waals surface area (Å²) in [7, 11) is 1.60. The highest BCUT2D eigenvalue weighted by Gasteiger charge is 2.33. The number of allylic oxidation sites excluding steroid dienone is 1. The minimum absolute atomic E-state index is 0.208. The number of fused-ring (bicyclic) bond motifs is 3. The number of hydrogen-bond donors (Lipinski definition) is 1. The van der Waals surface area contributed by atoms with Crippen LogP contribution in [0.2, 0.25) is 0 Å². The van der Waals surface area contributed by atoms with Crippen LogP contribution in [-0.2, 0) is 11.3 Å². The Bertz CT molecular complexity index is 2610. The van der Waals surface area contributed by atoms with E-state index in [-0.39, 0.29) is 11.5 Å². The number of nitrogens with one attached hydrogen (secondary N) is 1. The highest BCUT2D eigenvalue weighted by molar-refractivity contribution is 7.07. The average Bonchev–Trinajstić information content (AvgIpc) is 3.63. The smallest absolute Gasteiger partial charge is 0.271 e. The number of anilines is 1. The molecule has 0 radical (unpaired) electrons. The molecule has 0 aliphatic carbocycles. The van der Waals surface area contributed by atoms with Crippen molar-refractivity contribution in [2.45, 2.75) is 19.5 Å². The van der Waals surface area contributed by atoms with E-state index in [9.17, 15) is 9.59 Å². The summed E-state index contributed by atoms with van der Waals surface area (Å²) >= 11 is 1.33. The van der Waals surface area contributed by atoms with Crippen LogP contribution in [0.15, 0.2) is 149 Å². The zero-order valence-corrected chi connectivity index (χ0v) is 27.8. The molecule has 0 saturated carbocycles. The zero-order valence-electron chi connectivity index (χ0n) is 27.0. The molecule has 1 aliphatic rings. The number of amides is 1. The van der Waals surface area contributed by atoms with Crippen LogP contribution < -0.4 is 24.9 Å². The molecule has 3 heterocycles. The van der Waals surface area contributed by atoms with E-state index in [2.05, 4.69) is 70.7 Å². The van der Waals surface area contributed by atoms with Gasteiger partial charge in [0, 0.05) is 34.9 Å². The van der Waals surface area contributed by atoms with Crippen LogP contribution in [0.4, 0.5) is 5.69 Å². The maximum atomic E-state index is 14.5. The number of aromatic nitrogens is 2. The van der Waals surface area contributed by atoms with Gasteiger partial charge in [-0.3, -0.25) is 14.2 Å². The minimum Gasteiger partial charge on any atom is -0.497 e. The zero-order chi connectivity index (χ0) is 33.5. The summed E-state index contributed by atoms with van der Waals surface area (Å²) in [5, 5.41) is 6.49. The lowest BCUT2D eigenvalue weighted by Gasteiger charge is -2.25. The topological polar surface area (TPSA) is 77.6 Å². The molecule has 7 aromatic rings. The van der Waals surface area contributed by atoms with Crippen molar-refractivity contribution in [1.82, 2.24) is 9.13 Å². The summed E-state index contributed by atoms with van der Waals surface area (Å²) < 4.78 is 9.97. The molecule has 0 saturated heterocycles. The summed E-state index contributed by atoms with van der Waals surface area (Å²) in [5.41, 5.74) is 5.42. The Morgan fingerprint density at radius 1 is 0.898 bits per heavy atom. The molecule has 49 heavy (non-hydrogen) atoms. The van der Waals surface area contributed by atoms with Crippen LogP contribution in [0.5, 0.6) is 5.75 Å². The molecule has 240 valence electrons. The number of carbonyl (C=O) groups is 1. The predicted molar refractivity (Wildman–Crippen MR) is 197 cm³/mol. The summed E-state index contributed by atoms with van der Waals surface area (Å²) in [6, 6.07) is 39.2. The molecule has 8 rings (SSSR count). The van der Waals surface area contributed by atoms with Gasteiger partial charge in [0.2, 0.25) is 0 Å². The second-order valence-electron chi connectivity index (χ2n) is 12.0. The van der Waals surface area contributed by atoms with Crippen LogP contribution in [0.3, 0.4) is 0 Å². The molecule has 1 amide bonds. The first kappa shape index (κ1) is 30.4. The van der Waals surface area contributed by atoms with E-state index < -0.39 is 6.04 Å². The number of para-hydroxylation sites is 2. The quantitative estimate of drug-likeness (QED) is 0.199. The van der Waals surface area contributed by atoms with Crippen LogP contribution in [0.25, 0.3) is 27.8 Å². The van der Waals surface area contributed by atoms with Crippen molar-refractivity contribution in [2.24, 2.45) is 4.99 Å². The molecule has 7 nitrogen and oxygen atoms in total. The van der Waals surface area contributed by atoms with Crippen molar-refractivity contribution >= 4 is 50.7 Å². The number of methoxy groups -OCH3 is 1. The third kappa shape index (κ3) is 5.56. The number of carbonyl (C=O) groups excluding carboxylic acids is 1. The van der Waals surface area contributed by atoms with Crippen LogP contribution >= 0.6 is 11.3 Å². The largest absolute Gasteiger partial charge is 0.497 e. The Labute approximate surface area is 286 Å². The van der Waals surface area contributed by atoms with Crippen LogP contribution in [-0.4, -0.2) is 22.2 Å². The first-order valence-electron chi connectivity index (χ1n) is 16.1. The fraction of sp³-hybridized carbons (Fsp3) is 0.0976. The van der Waals surface area contributed by atoms with Crippen LogP contribution in [0.1, 0.15) is 29.7 Å². The highest BCUT2D eigenvalue weighted by atomic mass is 32.1. The molecule has 0 bridgehead atoms. The second-order valence-corrected chi connectivity index (χ2v) is 13.1. The van der Waals surface area contributed by atoms with Crippen molar-refractivity contribution in [3.05, 3.63) is 175 Å². The molecule has 0 unspecified atom stereocenters. The molecule has 1 atom stereocenters. The first-order valence-corrected chi connectivity index (χ1v) is 16.9. The predicted octanol–water partition coefficient (Wildman–Crippen LogP) is 7.04. The summed E-state index contributed by atoms with van der Waals surface area (Å²) in [6.45, 7) is 2.51. The number of hydrogen-bond acceptors (Lipinski definition) is 5. The Balaban J connectivity index is 1.26. The molecule has 8 heteroatoms. The number of nitrogens with zero attached hydrogens (tertiary/aromatic N) is 3. The molecule has 1 N–H and O–H groups in total. The van der Waals surface area contributed by atoms with Gasteiger partial charge >= 0.3 is 0 Å². The average molecular weight is 661 g/mol. The highest BCUT2D eigenvalue weighted by Crippen LogP contribution is 2.33. The van der Waals surface area contributed by atoms with Gasteiger partial charge in [-0.2, -0.15) is 0 Å². The second kappa shape index (κ2) is 12.6. The van der Waals surface area contributed by atoms with Crippen molar-refractivity contribution in [1.29, 1.82) is 0 Å². The van der Waals surface area contributed by atoms with Gasteiger partial charge in [-0.05, 0) is 65.2 Å². The molecular weight excluding hydrogens is 629 g/mol. The Hall–Kier alpha value is -5.99. The van der Waals surface area contributed by atoms with E-state index in [1.165, 1.54) is 27.7 Å². The molecule has 0 fully saturated rings. The SMILES string of the molecule is COc1cccc([C@@H]2C(C(=O)Nc3ccccc3)=C(C)N=c3s/c(=C\c4cn(Cc5cccc6ccccc56)c5ccccc45)c(=O)n32)c1. The van der Waals surface area contributed by atoms with Crippen molar-refractivity contribution in [3.63, 3.8) is 0 Å². The van der Waals surface area contributed by atoms with Gasteiger partial charge in [0.25, 0.3) is 11.5 Å². The summed E-state index contributed by atoms with van der Waals surface area (Å²) in [6.07, 6.45) is 4.08. The molecular formula is C41H32N4O3S. The summed E-state index contributed by atoms with van der Waals surface area (Å²) in [5.74, 6) is 0.321. The Morgan fingerprint density at radius 3 is 2.47 bits per heavy atom. The number of ether oxygens (including phenoxy) is 1. The molecule has 1 aliphatic heterocycles. The first-order chi connectivity index (χ1) is 24.0. The fourth-order valence-electron chi connectivity index (χ4n) is 6.73. The van der Waals surface area contributed by atoms with E-state index >= 15 is 0 Å². The lowest BCUT2D eigenvalue weighted by molar-refractivity contribution is -0.113.